The van der Waals surface area contributed by atoms with Crippen molar-refractivity contribution in [1.82, 2.24) is 20.4 Å². The highest BCUT2D eigenvalue weighted by Gasteiger charge is 2.15. The van der Waals surface area contributed by atoms with Crippen LogP contribution in [0.2, 0.25) is 0 Å². The van der Waals surface area contributed by atoms with Crippen molar-refractivity contribution in [3.8, 4) is 0 Å². The molecule has 0 saturated carbocycles. The van der Waals surface area contributed by atoms with Crippen LogP contribution in [0.4, 0.5) is 4.79 Å². The zero-order valence-corrected chi connectivity index (χ0v) is 15.3. The summed E-state index contributed by atoms with van der Waals surface area (Å²) in [5.74, 6) is 0. The Morgan fingerprint density at radius 2 is 1.79 bits per heavy atom. The summed E-state index contributed by atoms with van der Waals surface area (Å²) in [6, 6.07) is 8.60. The number of carbonyl (C=O) groups excluding carboxylic acids is 1. The van der Waals surface area contributed by atoms with Crippen LogP contribution in [-0.2, 0) is 0 Å². The molecule has 0 bridgehead atoms. The summed E-state index contributed by atoms with van der Waals surface area (Å²) in [4.78, 5) is 16.6. The molecule has 1 aromatic carbocycles. The van der Waals surface area contributed by atoms with E-state index in [1.54, 1.807) is 0 Å². The van der Waals surface area contributed by atoms with Crippen LogP contribution < -0.4 is 10.6 Å². The summed E-state index contributed by atoms with van der Waals surface area (Å²) in [5, 5.41) is 5.98. The molecule has 134 valence electrons. The Morgan fingerprint density at radius 1 is 1.12 bits per heavy atom. The first-order valence-corrected chi connectivity index (χ1v) is 9.03. The van der Waals surface area contributed by atoms with Gasteiger partial charge in [0.25, 0.3) is 0 Å². The van der Waals surface area contributed by atoms with Crippen molar-refractivity contribution in [3.63, 3.8) is 0 Å². The molecule has 1 fully saturated rings. The maximum Gasteiger partial charge on any atom is 0.314 e. The van der Waals surface area contributed by atoms with Crippen LogP contribution in [0, 0.1) is 6.92 Å². The van der Waals surface area contributed by atoms with Crippen molar-refractivity contribution in [2.45, 2.75) is 32.2 Å². The lowest BCUT2D eigenvalue weighted by Gasteiger charge is -2.27. The second kappa shape index (κ2) is 9.64. The fourth-order valence-electron chi connectivity index (χ4n) is 3.15. The molecule has 2 rings (SSSR count). The van der Waals surface area contributed by atoms with Crippen molar-refractivity contribution in [1.29, 1.82) is 0 Å². The number of likely N-dealkylation sites (tertiary alicyclic amines) is 1. The summed E-state index contributed by atoms with van der Waals surface area (Å²) in [6.45, 7) is 6.68. The zero-order valence-electron chi connectivity index (χ0n) is 15.3. The summed E-state index contributed by atoms with van der Waals surface area (Å²) < 4.78 is 0. The highest BCUT2D eigenvalue weighted by molar-refractivity contribution is 5.73. The van der Waals surface area contributed by atoms with Gasteiger partial charge in [0.1, 0.15) is 0 Å². The van der Waals surface area contributed by atoms with Gasteiger partial charge in [0.15, 0.2) is 0 Å². The number of amides is 2. The molecule has 5 heteroatoms. The number of likely N-dealkylation sites (N-methyl/N-ethyl adjacent to an activating group) is 1. The smallest absolute Gasteiger partial charge is 0.314 e. The molecule has 5 nitrogen and oxygen atoms in total. The van der Waals surface area contributed by atoms with Gasteiger partial charge in [-0.05, 0) is 52.5 Å². The third kappa shape index (κ3) is 6.13. The third-order valence-electron chi connectivity index (χ3n) is 4.70. The van der Waals surface area contributed by atoms with Gasteiger partial charge in [-0.15, -0.1) is 0 Å². The largest absolute Gasteiger partial charge is 0.337 e. The number of nitrogens with one attached hydrogen (secondary N) is 2. The van der Waals surface area contributed by atoms with Crippen LogP contribution in [0.1, 0.15) is 36.4 Å². The average Bonchev–Trinajstić information content (AvgIpc) is 2.57. The maximum atomic E-state index is 12.0. The number of benzene rings is 1. The number of rotatable bonds is 7. The molecule has 2 N–H and O–H groups in total. The monoisotopic (exact) mass is 332 g/mol. The van der Waals surface area contributed by atoms with Crippen molar-refractivity contribution >= 4 is 6.03 Å². The van der Waals surface area contributed by atoms with E-state index in [2.05, 4.69) is 51.6 Å². The molecule has 24 heavy (non-hydrogen) atoms. The number of piperidine rings is 1. The van der Waals surface area contributed by atoms with Crippen molar-refractivity contribution in [2.24, 2.45) is 0 Å². The molecule has 1 atom stereocenters. The normalized spacial score (nSPS) is 16.8. The number of hydrogen-bond acceptors (Lipinski definition) is 3. The van der Waals surface area contributed by atoms with Gasteiger partial charge in [-0.1, -0.05) is 36.2 Å². The number of nitrogens with zero attached hydrogens (tertiary/aromatic N) is 2. The Balaban J connectivity index is 1.72. The van der Waals surface area contributed by atoms with Crippen molar-refractivity contribution in [3.05, 3.63) is 35.4 Å². The van der Waals surface area contributed by atoms with E-state index in [0.717, 1.165) is 6.54 Å². The average molecular weight is 332 g/mol. The summed E-state index contributed by atoms with van der Waals surface area (Å²) in [6.07, 6.45) is 3.91. The minimum atomic E-state index is -0.0778. The van der Waals surface area contributed by atoms with Crippen LogP contribution in [-0.4, -0.2) is 62.7 Å². The zero-order chi connectivity index (χ0) is 17.4. The van der Waals surface area contributed by atoms with E-state index in [-0.39, 0.29) is 12.1 Å². The van der Waals surface area contributed by atoms with Gasteiger partial charge in [-0.25, -0.2) is 4.79 Å². The van der Waals surface area contributed by atoms with Crippen LogP contribution in [0.25, 0.3) is 0 Å². The number of aryl methyl sites for hydroxylation is 1. The molecule has 0 aliphatic carbocycles. The lowest BCUT2D eigenvalue weighted by atomic mass is 10.0. The highest BCUT2D eigenvalue weighted by Crippen LogP contribution is 2.17. The lowest BCUT2D eigenvalue weighted by Crippen LogP contribution is -2.43. The van der Waals surface area contributed by atoms with Gasteiger partial charge in [-0.3, -0.25) is 0 Å². The van der Waals surface area contributed by atoms with Crippen LogP contribution in [0.3, 0.4) is 0 Å². The minimum absolute atomic E-state index is 0.0778. The standard InChI is InChI=1S/C19H32N4O/c1-16-7-9-17(10-8-16)18(22(2)3)15-21-19(24)20-11-14-23-12-5-4-6-13-23/h7-10,18H,4-6,11-15H2,1-3H3,(H2,20,21,24). The van der Waals surface area contributed by atoms with E-state index in [1.165, 1.54) is 43.5 Å². The minimum Gasteiger partial charge on any atom is -0.337 e. The molecule has 0 spiro atoms. The van der Waals surface area contributed by atoms with E-state index in [0.29, 0.717) is 13.1 Å². The van der Waals surface area contributed by atoms with Crippen LogP contribution >= 0.6 is 0 Å². The molecular formula is C19H32N4O. The Bertz CT molecular complexity index is 495. The second-order valence-corrected chi connectivity index (χ2v) is 6.93. The number of carbonyl (C=O) groups is 1. The summed E-state index contributed by atoms with van der Waals surface area (Å²) >= 11 is 0. The Kier molecular flexibility index (Phi) is 7.53. The second-order valence-electron chi connectivity index (χ2n) is 6.93. The third-order valence-corrected chi connectivity index (χ3v) is 4.70. The van der Waals surface area contributed by atoms with E-state index in [1.807, 2.05) is 14.1 Å². The summed E-state index contributed by atoms with van der Waals surface area (Å²) in [7, 11) is 4.08. The summed E-state index contributed by atoms with van der Waals surface area (Å²) in [5.41, 5.74) is 2.47. The fraction of sp³-hybridized carbons (Fsp3) is 0.632. The highest BCUT2D eigenvalue weighted by atomic mass is 16.2. The van der Waals surface area contributed by atoms with Crippen molar-refractivity contribution in [2.75, 3.05) is 46.8 Å². The number of hydrogen-bond donors (Lipinski definition) is 2. The quantitative estimate of drug-likeness (QED) is 0.806. The van der Waals surface area contributed by atoms with Gasteiger partial charge in [0, 0.05) is 19.6 Å². The van der Waals surface area contributed by atoms with Gasteiger partial charge < -0.3 is 20.4 Å². The van der Waals surface area contributed by atoms with Gasteiger partial charge in [-0.2, -0.15) is 0 Å². The van der Waals surface area contributed by atoms with Gasteiger partial charge in [0.2, 0.25) is 0 Å². The predicted molar refractivity (Wildman–Crippen MR) is 99.3 cm³/mol. The van der Waals surface area contributed by atoms with Crippen LogP contribution in [0.5, 0.6) is 0 Å². The maximum absolute atomic E-state index is 12.0. The van der Waals surface area contributed by atoms with Crippen molar-refractivity contribution < 1.29 is 4.79 Å². The predicted octanol–water partition coefficient (Wildman–Crippen LogP) is 2.38. The Morgan fingerprint density at radius 3 is 2.42 bits per heavy atom. The number of urea groups is 1. The molecule has 1 aliphatic heterocycles. The van der Waals surface area contributed by atoms with Gasteiger partial charge in [0.05, 0.1) is 6.04 Å². The molecule has 1 unspecified atom stereocenters. The lowest BCUT2D eigenvalue weighted by molar-refractivity contribution is 0.217. The molecule has 0 radical (unpaired) electrons. The van der Waals surface area contributed by atoms with E-state index in [4.69, 9.17) is 0 Å². The van der Waals surface area contributed by atoms with Gasteiger partial charge >= 0.3 is 6.03 Å². The van der Waals surface area contributed by atoms with E-state index < -0.39 is 0 Å². The Labute approximate surface area is 146 Å². The fourth-order valence-corrected chi connectivity index (χ4v) is 3.15. The first-order valence-electron chi connectivity index (χ1n) is 9.03. The molecule has 2 amide bonds. The molecule has 1 saturated heterocycles. The Hall–Kier alpha value is -1.59. The van der Waals surface area contributed by atoms with E-state index >= 15 is 0 Å². The molecular weight excluding hydrogens is 300 g/mol. The topological polar surface area (TPSA) is 47.6 Å². The molecule has 0 aromatic heterocycles. The molecule has 1 heterocycles. The van der Waals surface area contributed by atoms with Crippen LogP contribution in [0.15, 0.2) is 24.3 Å². The first-order chi connectivity index (χ1) is 11.6. The molecule has 1 aromatic rings. The van der Waals surface area contributed by atoms with E-state index in [9.17, 15) is 4.79 Å². The first kappa shape index (κ1) is 18.7. The SMILES string of the molecule is Cc1ccc(C(CNC(=O)NCCN2CCCCC2)N(C)C)cc1. The molecule has 1 aliphatic rings.